The average molecular weight is 312 g/mol. The molecular formula is C13H17ClF3NS. The van der Waals surface area contributed by atoms with Gasteiger partial charge in [0.1, 0.15) is 0 Å². The fourth-order valence-electron chi connectivity index (χ4n) is 2.58. The minimum atomic E-state index is -4.03. The number of nitrogens with one attached hydrogen (secondary N) is 1. The molecule has 1 atom stereocenters. The molecule has 0 aliphatic heterocycles. The maximum atomic E-state index is 12.6. The van der Waals surface area contributed by atoms with Gasteiger partial charge in [-0.05, 0) is 44.7 Å². The summed E-state index contributed by atoms with van der Waals surface area (Å²) in [5.41, 5.74) is 0. The fraction of sp³-hybridized carbons (Fsp3) is 0.692. The largest absolute Gasteiger partial charge is 0.391 e. The van der Waals surface area contributed by atoms with Crippen molar-refractivity contribution < 1.29 is 13.2 Å². The summed E-state index contributed by atoms with van der Waals surface area (Å²) in [6.45, 7) is 2.03. The zero-order valence-electron chi connectivity index (χ0n) is 10.6. The van der Waals surface area contributed by atoms with E-state index in [0.29, 0.717) is 12.8 Å². The third-order valence-electron chi connectivity index (χ3n) is 3.70. The van der Waals surface area contributed by atoms with E-state index in [2.05, 4.69) is 5.32 Å². The van der Waals surface area contributed by atoms with Crippen LogP contribution in [0.1, 0.15) is 43.5 Å². The van der Waals surface area contributed by atoms with E-state index < -0.39 is 12.1 Å². The molecule has 1 aromatic heterocycles. The van der Waals surface area contributed by atoms with Gasteiger partial charge in [0.2, 0.25) is 0 Å². The van der Waals surface area contributed by atoms with Gasteiger partial charge >= 0.3 is 6.18 Å². The molecule has 108 valence electrons. The molecule has 1 unspecified atom stereocenters. The van der Waals surface area contributed by atoms with Gasteiger partial charge in [-0.1, -0.05) is 11.6 Å². The van der Waals surface area contributed by atoms with Crippen molar-refractivity contribution in [1.29, 1.82) is 0 Å². The number of halogens is 4. The number of thiophene rings is 1. The van der Waals surface area contributed by atoms with Crippen LogP contribution in [0, 0.1) is 5.92 Å². The van der Waals surface area contributed by atoms with Crippen molar-refractivity contribution in [2.75, 3.05) is 0 Å². The minimum absolute atomic E-state index is 0.143. The standard InChI is InChI=1S/C13H17ClF3NS/c1-8(11-6-7-12(14)19-11)18-10-4-2-9(3-5-10)13(15,16)17/h6-10,18H,2-5H2,1H3. The summed E-state index contributed by atoms with van der Waals surface area (Å²) >= 11 is 7.39. The Kier molecular flexibility index (Phi) is 4.79. The molecule has 1 nitrogen and oxygen atoms in total. The van der Waals surface area contributed by atoms with Crippen LogP contribution in [0.2, 0.25) is 4.34 Å². The van der Waals surface area contributed by atoms with Crippen LogP contribution in [0.25, 0.3) is 0 Å². The maximum absolute atomic E-state index is 12.6. The highest BCUT2D eigenvalue weighted by Gasteiger charge is 2.41. The molecule has 0 radical (unpaired) electrons. The van der Waals surface area contributed by atoms with Crippen molar-refractivity contribution in [3.8, 4) is 0 Å². The van der Waals surface area contributed by atoms with Gasteiger partial charge in [0, 0.05) is 17.0 Å². The topological polar surface area (TPSA) is 12.0 Å². The van der Waals surface area contributed by atoms with E-state index in [1.54, 1.807) is 0 Å². The molecule has 0 aromatic carbocycles. The molecule has 2 rings (SSSR count). The van der Waals surface area contributed by atoms with Crippen molar-refractivity contribution >= 4 is 22.9 Å². The van der Waals surface area contributed by atoms with Gasteiger partial charge < -0.3 is 5.32 Å². The Hall–Kier alpha value is -0.260. The molecule has 0 spiro atoms. The van der Waals surface area contributed by atoms with E-state index in [1.165, 1.54) is 11.3 Å². The molecule has 1 N–H and O–H groups in total. The van der Waals surface area contributed by atoms with Gasteiger partial charge in [0.05, 0.1) is 10.3 Å². The molecule has 0 bridgehead atoms. The molecule has 1 aromatic rings. The van der Waals surface area contributed by atoms with Gasteiger partial charge in [-0.15, -0.1) is 11.3 Å². The summed E-state index contributed by atoms with van der Waals surface area (Å²) in [5, 5.41) is 3.40. The van der Waals surface area contributed by atoms with Gasteiger partial charge in [-0.2, -0.15) is 13.2 Å². The quantitative estimate of drug-likeness (QED) is 0.811. The van der Waals surface area contributed by atoms with Crippen LogP contribution in [-0.2, 0) is 0 Å². The van der Waals surface area contributed by atoms with Crippen molar-refractivity contribution in [2.24, 2.45) is 5.92 Å². The lowest BCUT2D eigenvalue weighted by Gasteiger charge is -2.32. The molecule has 19 heavy (non-hydrogen) atoms. The molecule has 1 heterocycles. The lowest BCUT2D eigenvalue weighted by Crippen LogP contribution is -2.37. The van der Waals surface area contributed by atoms with Gasteiger partial charge in [0.15, 0.2) is 0 Å². The molecule has 6 heteroatoms. The normalized spacial score (nSPS) is 26.4. The highest BCUT2D eigenvalue weighted by atomic mass is 35.5. The van der Waals surface area contributed by atoms with E-state index in [9.17, 15) is 13.2 Å². The van der Waals surface area contributed by atoms with E-state index in [1.807, 2.05) is 19.1 Å². The molecule has 0 amide bonds. The molecule has 1 saturated carbocycles. The van der Waals surface area contributed by atoms with Crippen LogP contribution in [0.15, 0.2) is 12.1 Å². The first kappa shape index (κ1) is 15.1. The van der Waals surface area contributed by atoms with Crippen LogP contribution < -0.4 is 5.32 Å². The predicted molar refractivity (Wildman–Crippen MR) is 72.7 cm³/mol. The van der Waals surface area contributed by atoms with E-state index >= 15 is 0 Å². The SMILES string of the molecule is CC(NC1CCC(C(F)(F)F)CC1)c1ccc(Cl)s1. The van der Waals surface area contributed by atoms with Crippen molar-refractivity contribution in [1.82, 2.24) is 5.32 Å². The highest BCUT2D eigenvalue weighted by Crippen LogP contribution is 2.38. The maximum Gasteiger partial charge on any atom is 0.391 e. The van der Waals surface area contributed by atoms with Crippen LogP contribution in [0.3, 0.4) is 0 Å². The third-order valence-corrected chi connectivity index (χ3v) is 5.11. The Morgan fingerprint density at radius 1 is 1.26 bits per heavy atom. The van der Waals surface area contributed by atoms with E-state index in [-0.39, 0.29) is 24.9 Å². The summed E-state index contributed by atoms with van der Waals surface area (Å²) in [5.74, 6) is -1.11. The summed E-state index contributed by atoms with van der Waals surface area (Å²) in [6.07, 6.45) is -2.38. The minimum Gasteiger partial charge on any atom is -0.307 e. The average Bonchev–Trinajstić information content (AvgIpc) is 2.75. The first-order valence-electron chi connectivity index (χ1n) is 6.44. The number of rotatable bonds is 3. The third kappa shape index (κ3) is 4.10. The molecular weight excluding hydrogens is 295 g/mol. The molecule has 1 fully saturated rings. The van der Waals surface area contributed by atoms with E-state index in [4.69, 9.17) is 11.6 Å². The first-order valence-corrected chi connectivity index (χ1v) is 7.63. The van der Waals surface area contributed by atoms with Crippen LogP contribution in [-0.4, -0.2) is 12.2 Å². The second-order valence-electron chi connectivity index (χ2n) is 5.12. The first-order chi connectivity index (χ1) is 8.86. The molecule has 0 saturated heterocycles. The van der Waals surface area contributed by atoms with Crippen molar-refractivity contribution in [3.05, 3.63) is 21.3 Å². The van der Waals surface area contributed by atoms with Crippen molar-refractivity contribution in [3.63, 3.8) is 0 Å². The Labute approximate surface area is 120 Å². The molecule has 1 aliphatic carbocycles. The lowest BCUT2D eigenvalue weighted by molar-refractivity contribution is -0.182. The summed E-state index contributed by atoms with van der Waals surface area (Å²) in [4.78, 5) is 1.13. The predicted octanol–water partition coefficient (Wildman–Crippen LogP) is 5.17. The van der Waals surface area contributed by atoms with Gasteiger partial charge in [-0.3, -0.25) is 0 Å². The van der Waals surface area contributed by atoms with Crippen LogP contribution >= 0.6 is 22.9 Å². The Bertz CT molecular complexity index is 410. The second-order valence-corrected chi connectivity index (χ2v) is 6.87. The Balaban J connectivity index is 1.82. The highest BCUT2D eigenvalue weighted by molar-refractivity contribution is 7.16. The molecule has 1 aliphatic rings. The van der Waals surface area contributed by atoms with Crippen molar-refractivity contribution in [2.45, 2.75) is 50.9 Å². The number of alkyl halides is 3. The Morgan fingerprint density at radius 3 is 2.37 bits per heavy atom. The summed E-state index contributed by atoms with van der Waals surface area (Å²) < 4.78 is 38.4. The number of hydrogen-bond donors (Lipinski definition) is 1. The number of hydrogen-bond acceptors (Lipinski definition) is 2. The monoisotopic (exact) mass is 311 g/mol. The van der Waals surface area contributed by atoms with Crippen LogP contribution in [0.4, 0.5) is 13.2 Å². The van der Waals surface area contributed by atoms with E-state index in [0.717, 1.165) is 9.21 Å². The Morgan fingerprint density at radius 2 is 1.89 bits per heavy atom. The fourth-order valence-corrected chi connectivity index (χ4v) is 3.66. The second kappa shape index (κ2) is 6.02. The van der Waals surface area contributed by atoms with Crippen LogP contribution in [0.5, 0.6) is 0 Å². The zero-order chi connectivity index (χ0) is 14.0. The smallest absolute Gasteiger partial charge is 0.307 e. The van der Waals surface area contributed by atoms with Gasteiger partial charge in [0.25, 0.3) is 0 Å². The zero-order valence-corrected chi connectivity index (χ0v) is 12.2. The summed E-state index contributed by atoms with van der Waals surface area (Å²) in [7, 11) is 0. The van der Waals surface area contributed by atoms with Gasteiger partial charge in [-0.25, -0.2) is 0 Å². The summed E-state index contributed by atoms with van der Waals surface area (Å²) in [6, 6.07) is 4.13. The lowest BCUT2D eigenvalue weighted by atomic mass is 9.85.